The van der Waals surface area contributed by atoms with Gasteiger partial charge in [0, 0.05) is 25.0 Å². The maximum Gasteiger partial charge on any atom is 0.0633 e. The number of nitrogens with zero attached hydrogens (tertiary/aromatic N) is 2. The minimum Gasteiger partial charge on any atom is -0.383 e. The third-order valence-electron chi connectivity index (χ3n) is 2.10. The highest BCUT2D eigenvalue weighted by molar-refractivity contribution is 4.96. The summed E-state index contributed by atoms with van der Waals surface area (Å²) in [5.74, 6) is 0. The van der Waals surface area contributed by atoms with Crippen LogP contribution in [0.2, 0.25) is 0 Å². The molecule has 0 radical (unpaired) electrons. The zero-order valence-electron chi connectivity index (χ0n) is 8.45. The van der Waals surface area contributed by atoms with Gasteiger partial charge in [-0.15, -0.1) is 0 Å². The van der Waals surface area contributed by atoms with Crippen molar-refractivity contribution < 1.29 is 4.74 Å². The van der Waals surface area contributed by atoms with Gasteiger partial charge in [-0.1, -0.05) is 0 Å². The molecule has 1 rings (SSSR count). The first-order valence-corrected chi connectivity index (χ1v) is 4.42. The van der Waals surface area contributed by atoms with Gasteiger partial charge in [0.15, 0.2) is 0 Å². The Labute approximate surface area is 78.9 Å². The van der Waals surface area contributed by atoms with Crippen LogP contribution >= 0.6 is 0 Å². The average Bonchev–Trinajstić information content (AvgIpc) is 2.51. The van der Waals surface area contributed by atoms with E-state index in [9.17, 15) is 0 Å². The monoisotopic (exact) mass is 183 g/mol. The van der Waals surface area contributed by atoms with Crippen LogP contribution in [0.4, 0.5) is 0 Å². The van der Waals surface area contributed by atoms with Crippen LogP contribution in [0.25, 0.3) is 0 Å². The molecule has 0 aliphatic heterocycles. The molecule has 0 aromatic carbocycles. The summed E-state index contributed by atoms with van der Waals surface area (Å²) in [6.07, 6.45) is 1.81. The third kappa shape index (κ3) is 2.82. The number of likely N-dealkylation sites (N-methyl/N-ethyl adjacent to an activating group) is 1. The number of ether oxygens (including phenoxy) is 1. The van der Waals surface area contributed by atoms with E-state index in [0.717, 1.165) is 6.54 Å². The lowest BCUT2D eigenvalue weighted by Crippen LogP contribution is -2.34. The first-order valence-electron chi connectivity index (χ1n) is 4.42. The molecule has 0 aliphatic rings. The van der Waals surface area contributed by atoms with E-state index in [4.69, 9.17) is 4.74 Å². The van der Waals surface area contributed by atoms with Crippen molar-refractivity contribution in [1.82, 2.24) is 15.1 Å². The molecule has 0 aliphatic carbocycles. The van der Waals surface area contributed by atoms with E-state index in [2.05, 4.69) is 10.4 Å². The highest BCUT2D eigenvalue weighted by Crippen LogP contribution is 1.98. The number of nitrogens with one attached hydrogen (secondary N) is 1. The van der Waals surface area contributed by atoms with E-state index in [0.29, 0.717) is 12.6 Å². The van der Waals surface area contributed by atoms with E-state index in [1.807, 2.05) is 30.9 Å². The molecule has 1 aromatic heterocycles. The van der Waals surface area contributed by atoms with Crippen LogP contribution in [0.5, 0.6) is 0 Å². The molecule has 74 valence electrons. The molecule has 0 spiro atoms. The Hall–Kier alpha value is -0.870. The Balaban J connectivity index is 2.51. The Morgan fingerprint density at radius 2 is 2.46 bits per heavy atom. The Bertz CT molecular complexity index is 247. The molecule has 0 fully saturated rings. The predicted octanol–water partition coefficient (Wildman–Crippen LogP) is 0.426. The predicted molar refractivity (Wildman–Crippen MR) is 51.7 cm³/mol. The van der Waals surface area contributed by atoms with Gasteiger partial charge < -0.3 is 10.1 Å². The van der Waals surface area contributed by atoms with Crippen molar-refractivity contribution in [2.45, 2.75) is 19.5 Å². The van der Waals surface area contributed by atoms with Crippen molar-refractivity contribution >= 4 is 0 Å². The lowest BCUT2D eigenvalue weighted by Gasteiger charge is -2.15. The molecule has 1 heterocycles. The van der Waals surface area contributed by atoms with Gasteiger partial charge in [0.1, 0.15) is 0 Å². The maximum atomic E-state index is 5.08. The number of aromatic nitrogens is 2. The fraction of sp³-hybridized carbons (Fsp3) is 0.667. The number of aryl methyl sites for hydroxylation is 1. The Morgan fingerprint density at radius 1 is 1.69 bits per heavy atom. The zero-order valence-corrected chi connectivity index (χ0v) is 8.45. The van der Waals surface area contributed by atoms with Crippen molar-refractivity contribution in [3.05, 3.63) is 18.0 Å². The maximum absolute atomic E-state index is 5.08. The summed E-state index contributed by atoms with van der Waals surface area (Å²) in [4.78, 5) is 0. The van der Waals surface area contributed by atoms with Gasteiger partial charge in [0.2, 0.25) is 0 Å². The second kappa shape index (κ2) is 4.99. The minimum atomic E-state index is 0.323. The van der Waals surface area contributed by atoms with Gasteiger partial charge in [0.25, 0.3) is 0 Å². The van der Waals surface area contributed by atoms with Crippen LogP contribution < -0.4 is 5.32 Å². The molecule has 0 saturated heterocycles. The first kappa shape index (κ1) is 10.2. The smallest absolute Gasteiger partial charge is 0.0633 e. The quantitative estimate of drug-likeness (QED) is 0.719. The zero-order chi connectivity index (χ0) is 9.68. The normalized spacial score (nSPS) is 13.2. The van der Waals surface area contributed by atoms with Gasteiger partial charge in [-0.2, -0.15) is 5.10 Å². The molecule has 0 saturated carbocycles. The number of hydrogen-bond donors (Lipinski definition) is 1. The summed E-state index contributed by atoms with van der Waals surface area (Å²) >= 11 is 0. The minimum absolute atomic E-state index is 0.323. The Morgan fingerprint density at radius 3 is 2.92 bits per heavy atom. The van der Waals surface area contributed by atoms with Crippen LogP contribution in [-0.4, -0.2) is 36.6 Å². The second-order valence-corrected chi connectivity index (χ2v) is 3.10. The molecule has 1 aromatic rings. The molecule has 1 N–H and O–H groups in total. The molecular formula is C9H17N3O. The van der Waals surface area contributed by atoms with E-state index in [1.165, 1.54) is 5.69 Å². The molecule has 4 heteroatoms. The van der Waals surface area contributed by atoms with Crippen molar-refractivity contribution in [2.24, 2.45) is 0 Å². The second-order valence-electron chi connectivity index (χ2n) is 3.10. The van der Waals surface area contributed by atoms with Crippen molar-refractivity contribution in [2.75, 3.05) is 20.8 Å². The van der Waals surface area contributed by atoms with Gasteiger partial charge in [-0.3, -0.25) is 4.68 Å². The summed E-state index contributed by atoms with van der Waals surface area (Å²) in [5, 5.41) is 7.39. The highest BCUT2D eigenvalue weighted by atomic mass is 16.5. The molecule has 0 amide bonds. The standard InChI is InChI=1S/C9H17N3O/c1-8-4-5-11-12(8)6-9(10-2)7-13-3/h4-5,9-10H,6-7H2,1-3H3. The molecule has 1 unspecified atom stereocenters. The van der Waals surface area contributed by atoms with Crippen LogP contribution in [0.1, 0.15) is 5.69 Å². The third-order valence-corrected chi connectivity index (χ3v) is 2.10. The van der Waals surface area contributed by atoms with Gasteiger partial charge in [0.05, 0.1) is 13.2 Å². The highest BCUT2D eigenvalue weighted by Gasteiger charge is 2.07. The van der Waals surface area contributed by atoms with Gasteiger partial charge in [-0.05, 0) is 20.0 Å². The van der Waals surface area contributed by atoms with Crippen molar-refractivity contribution in [3.8, 4) is 0 Å². The average molecular weight is 183 g/mol. The van der Waals surface area contributed by atoms with E-state index < -0.39 is 0 Å². The number of rotatable bonds is 5. The van der Waals surface area contributed by atoms with E-state index in [1.54, 1.807) is 7.11 Å². The number of hydrogen-bond acceptors (Lipinski definition) is 3. The molecule has 4 nitrogen and oxygen atoms in total. The van der Waals surface area contributed by atoms with Crippen molar-refractivity contribution in [3.63, 3.8) is 0 Å². The van der Waals surface area contributed by atoms with E-state index >= 15 is 0 Å². The fourth-order valence-electron chi connectivity index (χ4n) is 1.23. The SMILES string of the molecule is CNC(COC)Cn1nccc1C. The lowest BCUT2D eigenvalue weighted by molar-refractivity contribution is 0.160. The van der Waals surface area contributed by atoms with Gasteiger partial charge >= 0.3 is 0 Å². The largest absolute Gasteiger partial charge is 0.383 e. The first-order chi connectivity index (χ1) is 6.27. The molecule has 1 atom stereocenters. The van der Waals surface area contributed by atoms with Crippen molar-refractivity contribution in [1.29, 1.82) is 0 Å². The summed E-state index contributed by atoms with van der Waals surface area (Å²) in [6, 6.07) is 2.32. The van der Waals surface area contributed by atoms with Crippen LogP contribution in [0.3, 0.4) is 0 Å². The fourth-order valence-corrected chi connectivity index (χ4v) is 1.23. The summed E-state index contributed by atoms with van der Waals surface area (Å²) < 4.78 is 7.05. The van der Waals surface area contributed by atoms with Crippen LogP contribution in [0, 0.1) is 6.92 Å². The number of methoxy groups -OCH3 is 1. The topological polar surface area (TPSA) is 39.1 Å². The van der Waals surface area contributed by atoms with E-state index in [-0.39, 0.29) is 0 Å². The molecular weight excluding hydrogens is 166 g/mol. The summed E-state index contributed by atoms with van der Waals surface area (Å²) in [5.41, 5.74) is 1.18. The van der Waals surface area contributed by atoms with Crippen LogP contribution in [-0.2, 0) is 11.3 Å². The van der Waals surface area contributed by atoms with Crippen LogP contribution in [0.15, 0.2) is 12.3 Å². The van der Waals surface area contributed by atoms with Gasteiger partial charge in [-0.25, -0.2) is 0 Å². The molecule has 13 heavy (non-hydrogen) atoms. The summed E-state index contributed by atoms with van der Waals surface area (Å²) in [7, 11) is 3.64. The summed E-state index contributed by atoms with van der Waals surface area (Å²) in [6.45, 7) is 3.60. The lowest BCUT2D eigenvalue weighted by atomic mass is 10.3. The Kier molecular flexibility index (Phi) is 3.92. The molecule has 0 bridgehead atoms.